The number of carboxylic acids is 1. The number of rotatable bonds is 1. The standard InChI is InChI=1S/C12H9N3O2/c1-6-9-10(12(16)17)7-4-2-3-5-8(7)13-11(9)15-14-6/h2-5H,1H3,(H,16,17)(H,13,14,15). The number of H-pyrrole nitrogens is 1. The first kappa shape index (κ1) is 9.77. The van der Waals surface area contributed by atoms with Gasteiger partial charge in [0, 0.05) is 11.1 Å². The molecule has 0 saturated heterocycles. The molecule has 0 unspecified atom stereocenters. The zero-order chi connectivity index (χ0) is 12.0. The molecule has 5 nitrogen and oxygen atoms in total. The van der Waals surface area contributed by atoms with E-state index in [4.69, 9.17) is 0 Å². The van der Waals surface area contributed by atoms with E-state index in [0.29, 0.717) is 21.9 Å². The second-order valence-corrected chi connectivity index (χ2v) is 3.86. The zero-order valence-electron chi connectivity index (χ0n) is 9.06. The van der Waals surface area contributed by atoms with E-state index in [-0.39, 0.29) is 5.56 Å². The first-order valence-corrected chi connectivity index (χ1v) is 5.15. The van der Waals surface area contributed by atoms with E-state index in [2.05, 4.69) is 15.2 Å². The molecule has 5 heteroatoms. The molecule has 3 aromatic rings. The maximum atomic E-state index is 11.4. The van der Waals surface area contributed by atoms with E-state index in [9.17, 15) is 9.90 Å². The summed E-state index contributed by atoms with van der Waals surface area (Å²) < 4.78 is 0. The van der Waals surface area contributed by atoms with Crippen molar-refractivity contribution in [1.29, 1.82) is 0 Å². The molecule has 17 heavy (non-hydrogen) atoms. The van der Waals surface area contributed by atoms with Gasteiger partial charge in [0.05, 0.1) is 16.5 Å². The van der Waals surface area contributed by atoms with Gasteiger partial charge in [0.1, 0.15) is 0 Å². The van der Waals surface area contributed by atoms with Crippen molar-refractivity contribution < 1.29 is 9.90 Å². The Morgan fingerprint density at radius 1 is 1.35 bits per heavy atom. The molecule has 1 aromatic carbocycles. The normalized spacial score (nSPS) is 11.1. The second kappa shape index (κ2) is 3.28. The number of aromatic carboxylic acids is 1. The minimum absolute atomic E-state index is 0.261. The van der Waals surface area contributed by atoms with Gasteiger partial charge in [-0.3, -0.25) is 5.10 Å². The Morgan fingerprint density at radius 2 is 2.12 bits per heavy atom. The minimum atomic E-state index is -0.960. The molecule has 0 saturated carbocycles. The molecule has 0 bridgehead atoms. The maximum Gasteiger partial charge on any atom is 0.337 e. The number of para-hydroxylation sites is 1. The predicted octanol–water partition coefficient (Wildman–Crippen LogP) is 2.12. The number of carbonyl (C=O) groups is 1. The number of fused-ring (bicyclic) bond motifs is 2. The quantitative estimate of drug-likeness (QED) is 0.667. The predicted molar refractivity (Wildman–Crippen MR) is 63.1 cm³/mol. The molecular weight excluding hydrogens is 218 g/mol. The van der Waals surface area contributed by atoms with Gasteiger partial charge < -0.3 is 5.11 Å². The summed E-state index contributed by atoms with van der Waals surface area (Å²) in [5.74, 6) is -0.960. The molecule has 0 fully saturated rings. The van der Waals surface area contributed by atoms with Crippen LogP contribution in [-0.2, 0) is 0 Å². The number of hydrogen-bond acceptors (Lipinski definition) is 3. The third kappa shape index (κ3) is 1.29. The van der Waals surface area contributed by atoms with Crippen LogP contribution in [0.5, 0.6) is 0 Å². The van der Waals surface area contributed by atoms with Crippen LogP contribution in [0.15, 0.2) is 24.3 Å². The lowest BCUT2D eigenvalue weighted by Crippen LogP contribution is -2.00. The number of pyridine rings is 1. The van der Waals surface area contributed by atoms with Gasteiger partial charge >= 0.3 is 5.97 Å². The van der Waals surface area contributed by atoms with Crippen molar-refractivity contribution >= 4 is 27.9 Å². The Bertz CT molecular complexity index is 746. The first-order valence-electron chi connectivity index (χ1n) is 5.15. The molecule has 84 valence electrons. The van der Waals surface area contributed by atoms with Crippen LogP contribution < -0.4 is 0 Å². The van der Waals surface area contributed by atoms with E-state index in [1.54, 1.807) is 25.1 Å². The van der Waals surface area contributed by atoms with Gasteiger partial charge in [-0.25, -0.2) is 9.78 Å². The molecule has 2 aromatic heterocycles. The van der Waals surface area contributed by atoms with Crippen molar-refractivity contribution in [3.63, 3.8) is 0 Å². The Hall–Kier alpha value is -2.43. The molecule has 0 atom stereocenters. The summed E-state index contributed by atoms with van der Waals surface area (Å²) in [4.78, 5) is 15.7. The van der Waals surface area contributed by atoms with Crippen LogP contribution >= 0.6 is 0 Å². The number of nitrogens with one attached hydrogen (secondary N) is 1. The highest BCUT2D eigenvalue weighted by Gasteiger charge is 2.18. The molecular formula is C12H9N3O2. The smallest absolute Gasteiger partial charge is 0.337 e. The zero-order valence-corrected chi connectivity index (χ0v) is 9.06. The number of aryl methyl sites for hydroxylation is 1. The van der Waals surface area contributed by atoms with Gasteiger partial charge in [-0.1, -0.05) is 18.2 Å². The lowest BCUT2D eigenvalue weighted by molar-refractivity contribution is 0.0701. The van der Waals surface area contributed by atoms with E-state index in [1.165, 1.54) is 0 Å². The summed E-state index contributed by atoms with van der Waals surface area (Å²) in [5.41, 5.74) is 2.06. The molecule has 0 amide bonds. The fourth-order valence-corrected chi connectivity index (χ4v) is 2.05. The third-order valence-corrected chi connectivity index (χ3v) is 2.79. The molecule has 2 N–H and O–H groups in total. The molecule has 0 aliphatic heterocycles. The Labute approximate surface area is 96.1 Å². The van der Waals surface area contributed by atoms with Crippen molar-refractivity contribution in [1.82, 2.24) is 15.2 Å². The minimum Gasteiger partial charge on any atom is -0.478 e. The molecule has 0 radical (unpaired) electrons. The number of aromatic nitrogens is 3. The van der Waals surface area contributed by atoms with Crippen molar-refractivity contribution in [2.75, 3.05) is 0 Å². The topological polar surface area (TPSA) is 78.9 Å². The number of benzene rings is 1. The van der Waals surface area contributed by atoms with Crippen LogP contribution in [0.3, 0.4) is 0 Å². The Morgan fingerprint density at radius 3 is 2.88 bits per heavy atom. The molecule has 0 aliphatic rings. The summed E-state index contributed by atoms with van der Waals surface area (Å²) in [6.45, 7) is 1.79. The second-order valence-electron chi connectivity index (χ2n) is 3.86. The first-order chi connectivity index (χ1) is 8.18. The molecule has 0 aliphatic carbocycles. The number of aromatic amines is 1. The Balaban J connectivity index is 2.63. The summed E-state index contributed by atoms with van der Waals surface area (Å²) in [7, 11) is 0. The average Bonchev–Trinajstić information content (AvgIpc) is 2.67. The van der Waals surface area contributed by atoms with E-state index < -0.39 is 5.97 Å². The van der Waals surface area contributed by atoms with Gasteiger partial charge in [0.25, 0.3) is 0 Å². The molecule has 0 spiro atoms. The third-order valence-electron chi connectivity index (χ3n) is 2.79. The van der Waals surface area contributed by atoms with Gasteiger partial charge in [-0.2, -0.15) is 5.10 Å². The summed E-state index contributed by atoms with van der Waals surface area (Å²) in [6.07, 6.45) is 0. The van der Waals surface area contributed by atoms with Gasteiger partial charge in [0.2, 0.25) is 0 Å². The lowest BCUT2D eigenvalue weighted by Gasteiger charge is -2.03. The van der Waals surface area contributed by atoms with Crippen molar-refractivity contribution in [2.24, 2.45) is 0 Å². The molecule has 3 rings (SSSR count). The highest BCUT2D eigenvalue weighted by atomic mass is 16.4. The van der Waals surface area contributed by atoms with Crippen molar-refractivity contribution in [3.8, 4) is 0 Å². The lowest BCUT2D eigenvalue weighted by atomic mass is 10.0. The van der Waals surface area contributed by atoms with E-state index >= 15 is 0 Å². The maximum absolute atomic E-state index is 11.4. The van der Waals surface area contributed by atoms with Gasteiger partial charge in [0.15, 0.2) is 5.65 Å². The van der Waals surface area contributed by atoms with Crippen LogP contribution in [0.4, 0.5) is 0 Å². The largest absolute Gasteiger partial charge is 0.478 e. The summed E-state index contributed by atoms with van der Waals surface area (Å²) >= 11 is 0. The van der Waals surface area contributed by atoms with Gasteiger partial charge in [-0.05, 0) is 13.0 Å². The van der Waals surface area contributed by atoms with E-state index in [1.807, 2.05) is 6.07 Å². The number of carboxylic acid groups (broad SMARTS) is 1. The van der Waals surface area contributed by atoms with Crippen LogP contribution in [0.25, 0.3) is 21.9 Å². The fourth-order valence-electron chi connectivity index (χ4n) is 2.05. The fraction of sp³-hybridized carbons (Fsp3) is 0.0833. The molecule has 2 heterocycles. The summed E-state index contributed by atoms with van der Waals surface area (Å²) in [6, 6.07) is 7.17. The monoisotopic (exact) mass is 227 g/mol. The van der Waals surface area contributed by atoms with Crippen LogP contribution in [0, 0.1) is 6.92 Å². The highest BCUT2D eigenvalue weighted by molar-refractivity contribution is 6.13. The van der Waals surface area contributed by atoms with Crippen LogP contribution in [0.1, 0.15) is 16.1 Å². The van der Waals surface area contributed by atoms with Crippen molar-refractivity contribution in [3.05, 3.63) is 35.5 Å². The number of nitrogens with zero attached hydrogens (tertiary/aromatic N) is 2. The Kier molecular flexibility index (Phi) is 1.89. The summed E-state index contributed by atoms with van der Waals surface area (Å²) in [5, 5.41) is 17.4. The average molecular weight is 227 g/mol. The van der Waals surface area contributed by atoms with Crippen LogP contribution in [0.2, 0.25) is 0 Å². The van der Waals surface area contributed by atoms with Crippen molar-refractivity contribution in [2.45, 2.75) is 6.92 Å². The van der Waals surface area contributed by atoms with Gasteiger partial charge in [-0.15, -0.1) is 0 Å². The van der Waals surface area contributed by atoms with E-state index in [0.717, 1.165) is 5.69 Å². The number of hydrogen-bond donors (Lipinski definition) is 2. The SMILES string of the molecule is Cc1[nH]nc2nc3ccccc3c(C(=O)O)c12. The van der Waals surface area contributed by atoms with Crippen LogP contribution in [-0.4, -0.2) is 26.3 Å². The highest BCUT2D eigenvalue weighted by Crippen LogP contribution is 2.26.